The summed E-state index contributed by atoms with van der Waals surface area (Å²) in [5, 5.41) is 6.09. The van der Waals surface area contributed by atoms with Gasteiger partial charge in [0.1, 0.15) is 5.75 Å². The second kappa shape index (κ2) is 8.13. The van der Waals surface area contributed by atoms with Gasteiger partial charge in [0.15, 0.2) is 0 Å². The minimum Gasteiger partial charge on any atom is -0.493 e. The molecular weight excluding hydrogens is 270 g/mol. The summed E-state index contributed by atoms with van der Waals surface area (Å²) in [6.07, 6.45) is 4.81. The van der Waals surface area contributed by atoms with Gasteiger partial charge < -0.3 is 10.1 Å². The van der Waals surface area contributed by atoms with Gasteiger partial charge in [-0.15, -0.1) is 0 Å². The molecule has 108 valence electrons. The Kier molecular flexibility index (Phi) is 6.16. The van der Waals surface area contributed by atoms with Crippen molar-refractivity contribution in [3.05, 3.63) is 41.4 Å². The maximum Gasteiger partial charge on any atom is 0.127 e. The molecule has 0 heterocycles. The molecule has 0 saturated carbocycles. The monoisotopic (exact) mass is 291 g/mol. The summed E-state index contributed by atoms with van der Waals surface area (Å²) in [6.45, 7) is 1.87. The van der Waals surface area contributed by atoms with Crippen molar-refractivity contribution in [1.29, 1.82) is 0 Å². The van der Waals surface area contributed by atoms with Crippen molar-refractivity contribution in [3.8, 4) is 5.75 Å². The number of rotatable bonds is 8. The zero-order chi connectivity index (χ0) is 14.2. The molecule has 0 aliphatic carbocycles. The number of halogens is 1. The van der Waals surface area contributed by atoms with Gasteiger partial charge >= 0.3 is 0 Å². The highest BCUT2D eigenvalue weighted by molar-refractivity contribution is 6.35. The summed E-state index contributed by atoms with van der Waals surface area (Å²) in [5.41, 5.74) is 0. The average Bonchev–Trinajstić information content (AvgIpc) is 2.49. The minimum absolute atomic E-state index is 0.769. The number of unbranched alkanes of at least 4 members (excludes halogenated alkanes) is 3. The second-order valence-electron chi connectivity index (χ2n) is 4.96. The Bertz CT molecular complexity index is 542. The van der Waals surface area contributed by atoms with Gasteiger partial charge in [-0.1, -0.05) is 48.7 Å². The molecule has 0 aromatic heterocycles. The van der Waals surface area contributed by atoms with Gasteiger partial charge in [0.25, 0.3) is 0 Å². The number of fused-ring (bicyclic) bond motifs is 1. The van der Waals surface area contributed by atoms with E-state index in [0.717, 1.165) is 41.1 Å². The van der Waals surface area contributed by atoms with Crippen LogP contribution in [0.4, 0.5) is 0 Å². The first-order chi connectivity index (χ1) is 9.83. The maximum atomic E-state index is 6.20. The zero-order valence-corrected chi connectivity index (χ0v) is 12.7. The van der Waals surface area contributed by atoms with E-state index in [0.29, 0.717) is 0 Å². The molecule has 20 heavy (non-hydrogen) atoms. The molecule has 0 aliphatic rings. The van der Waals surface area contributed by atoms with Gasteiger partial charge in [-0.3, -0.25) is 0 Å². The Labute approximate surface area is 126 Å². The van der Waals surface area contributed by atoms with Crippen molar-refractivity contribution in [2.75, 3.05) is 20.2 Å². The van der Waals surface area contributed by atoms with E-state index in [-0.39, 0.29) is 0 Å². The molecule has 2 rings (SSSR count). The summed E-state index contributed by atoms with van der Waals surface area (Å²) < 4.78 is 5.91. The molecule has 0 spiro atoms. The third-order valence-corrected chi connectivity index (χ3v) is 3.74. The first kappa shape index (κ1) is 15.1. The predicted molar refractivity (Wildman–Crippen MR) is 86.8 cm³/mol. The smallest absolute Gasteiger partial charge is 0.127 e. The molecule has 1 N–H and O–H groups in total. The lowest BCUT2D eigenvalue weighted by Gasteiger charge is -2.10. The van der Waals surface area contributed by atoms with Crippen LogP contribution in [0, 0.1) is 0 Å². The lowest BCUT2D eigenvalue weighted by atomic mass is 10.1. The molecule has 0 bridgehead atoms. The minimum atomic E-state index is 0.769. The van der Waals surface area contributed by atoms with Crippen molar-refractivity contribution in [2.45, 2.75) is 25.7 Å². The highest BCUT2D eigenvalue weighted by Crippen LogP contribution is 2.31. The molecule has 0 radical (unpaired) electrons. The van der Waals surface area contributed by atoms with Crippen molar-refractivity contribution < 1.29 is 4.74 Å². The third-order valence-electron chi connectivity index (χ3n) is 3.41. The van der Waals surface area contributed by atoms with Crippen LogP contribution in [0.5, 0.6) is 5.75 Å². The Morgan fingerprint density at radius 3 is 2.50 bits per heavy atom. The van der Waals surface area contributed by atoms with Crippen LogP contribution in [0.1, 0.15) is 25.7 Å². The Balaban J connectivity index is 1.86. The van der Waals surface area contributed by atoms with E-state index in [1.165, 1.54) is 19.3 Å². The highest BCUT2D eigenvalue weighted by Gasteiger charge is 2.04. The van der Waals surface area contributed by atoms with E-state index in [1.54, 1.807) is 0 Å². The second-order valence-corrected chi connectivity index (χ2v) is 5.36. The van der Waals surface area contributed by atoms with Crippen molar-refractivity contribution in [3.63, 3.8) is 0 Å². The van der Waals surface area contributed by atoms with E-state index < -0.39 is 0 Å². The molecule has 0 unspecified atom stereocenters. The molecule has 0 fully saturated rings. The quantitative estimate of drug-likeness (QED) is 0.715. The lowest BCUT2D eigenvalue weighted by Crippen LogP contribution is -2.07. The van der Waals surface area contributed by atoms with Gasteiger partial charge in [-0.2, -0.15) is 0 Å². The van der Waals surface area contributed by atoms with E-state index in [4.69, 9.17) is 16.3 Å². The van der Waals surface area contributed by atoms with Crippen molar-refractivity contribution in [1.82, 2.24) is 5.32 Å². The fourth-order valence-corrected chi connectivity index (χ4v) is 2.53. The molecular formula is C17H22ClNO. The Morgan fingerprint density at radius 2 is 1.70 bits per heavy atom. The first-order valence-corrected chi connectivity index (χ1v) is 7.65. The normalized spacial score (nSPS) is 10.9. The van der Waals surface area contributed by atoms with Gasteiger partial charge in [-0.25, -0.2) is 0 Å². The van der Waals surface area contributed by atoms with Crippen molar-refractivity contribution in [2.24, 2.45) is 0 Å². The molecule has 2 aromatic rings. The first-order valence-electron chi connectivity index (χ1n) is 7.27. The summed E-state index contributed by atoms with van der Waals surface area (Å²) >= 11 is 6.20. The van der Waals surface area contributed by atoms with E-state index >= 15 is 0 Å². The molecule has 0 saturated heterocycles. The van der Waals surface area contributed by atoms with E-state index in [2.05, 4.69) is 11.4 Å². The van der Waals surface area contributed by atoms with Crippen LogP contribution in [0.15, 0.2) is 36.4 Å². The summed E-state index contributed by atoms with van der Waals surface area (Å²) in [7, 11) is 1.99. The standard InChI is InChI=1S/C17H22ClNO/c1-19-12-6-2-3-7-13-20-17-11-10-16(18)14-8-4-5-9-15(14)17/h4-5,8-11,19H,2-3,6-7,12-13H2,1H3. The van der Waals surface area contributed by atoms with Crippen LogP contribution in [0.2, 0.25) is 5.02 Å². The summed E-state index contributed by atoms with van der Waals surface area (Å²) in [5.74, 6) is 0.931. The third kappa shape index (κ3) is 4.12. The molecule has 3 heteroatoms. The SMILES string of the molecule is CNCCCCCCOc1ccc(Cl)c2ccccc12. The fraction of sp³-hybridized carbons (Fsp3) is 0.412. The van der Waals surface area contributed by atoms with E-state index in [1.807, 2.05) is 37.4 Å². The van der Waals surface area contributed by atoms with Gasteiger partial charge in [0.05, 0.1) is 6.61 Å². The molecule has 0 aliphatic heterocycles. The molecule has 0 atom stereocenters. The lowest BCUT2D eigenvalue weighted by molar-refractivity contribution is 0.308. The van der Waals surface area contributed by atoms with Crippen LogP contribution < -0.4 is 10.1 Å². The molecule has 2 nitrogen and oxygen atoms in total. The number of ether oxygens (including phenoxy) is 1. The van der Waals surface area contributed by atoms with Crippen molar-refractivity contribution >= 4 is 22.4 Å². The summed E-state index contributed by atoms with van der Waals surface area (Å²) in [6, 6.07) is 12.0. The Morgan fingerprint density at radius 1 is 0.950 bits per heavy atom. The van der Waals surface area contributed by atoms with Crippen LogP contribution in [-0.2, 0) is 0 Å². The number of nitrogens with one attached hydrogen (secondary N) is 1. The topological polar surface area (TPSA) is 21.3 Å². The van der Waals surface area contributed by atoms with Crippen LogP contribution in [0.25, 0.3) is 10.8 Å². The number of benzene rings is 2. The average molecular weight is 292 g/mol. The van der Waals surface area contributed by atoms with Gasteiger partial charge in [0.2, 0.25) is 0 Å². The molecule has 0 amide bonds. The van der Waals surface area contributed by atoms with Crippen LogP contribution in [0.3, 0.4) is 0 Å². The van der Waals surface area contributed by atoms with Crippen LogP contribution >= 0.6 is 11.6 Å². The van der Waals surface area contributed by atoms with Crippen LogP contribution in [-0.4, -0.2) is 20.2 Å². The Hall–Kier alpha value is -1.25. The number of hydrogen-bond donors (Lipinski definition) is 1. The summed E-state index contributed by atoms with van der Waals surface area (Å²) in [4.78, 5) is 0. The van der Waals surface area contributed by atoms with E-state index in [9.17, 15) is 0 Å². The molecule has 2 aromatic carbocycles. The largest absolute Gasteiger partial charge is 0.493 e. The predicted octanol–water partition coefficient (Wildman–Crippen LogP) is 4.65. The van der Waals surface area contributed by atoms with Gasteiger partial charge in [0, 0.05) is 15.8 Å². The highest BCUT2D eigenvalue weighted by atomic mass is 35.5. The maximum absolute atomic E-state index is 6.20. The zero-order valence-electron chi connectivity index (χ0n) is 12.0. The fourth-order valence-electron chi connectivity index (χ4n) is 2.30. The van der Waals surface area contributed by atoms with Gasteiger partial charge in [-0.05, 0) is 38.6 Å². The number of hydrogen-bond acceptors (Lipinski definition) is 2.